The monoisotopic (exact) mass is 333 g/mol. The fourth-order valence-electron chi connectivity index (χ4n) is 3.23. The lowest BCUT2D eigenvalue weighted by Crippen LogP contribution is -2.43. The number of hydrogen-bond acceptors (Lipinski definition) is 4. The average Bonchev–Trinajstić information content (AvgIpc) is 2.56. The molecule has 1 aromatic heterocycles. The molecule has 1 aliphatic rings. The summed E-state index contributed by atoms with van der Waals surface area (Å²) in [6, 6.07) is 12.4. The minimum absolute atomic E-state index is 0.0342. The molecule has 5 nitrogen and oxygen atoms in total. The van der Waals surface area contributed by atoms with Crippen molar-refractivity contribution in [2.45, 2.75) is 6.42 Å². The molecule has 4 rings (SSSR count). The molecule has 0 amide bonds. The standard InChI is InChI=1S/C20H15NO4/c22-16-6-5-12(14-3-1-2-4-15(14)16)7-11-8-13-10-18(24)21-20(25)19(13)17(23)9-11/h1-8,10,22-24H,9H2,(H,21,25). The van der Waals surface area contributed by atoms with Crippen LogP contribution in [0.15, 0.2) is 52.8 Å². The number of rotatable bonds is 1. The van der Waals surface area contributed by atoms with Crippen LogP contribution in [-0.4, -0.2) is 20.3 Å². The van der Waals surface area contributed by atoms with E-state index in [0.717, 1.165) is 21.9 Å². The summed E-state index contributed by atoms with van der Waals surface area (Å²) >= 11 is 0. The second kappa shape index (κ2) is 5.56. The summed E-state index contributed by atoms with van der Waals surface area (Å²) < 4.78 is 0. The van der Waals surface area contributed by atoms with Gasteiger partial charge in [-0.05, 0) is 27.8 Å². The number of fused-ring (bicyclic) bond motifs is 2. The van der Waals surface area contributed by atoms with Crippen LogP contribution in [0.3, 0.4) is 0 Å². The Morgan fingerprint density at radius 3 is 2.56 bits per heavy atom. The maximum absolute atomic E-state index is 11.9. The molecule has 0 fully saturated rings. The minimum atomic E-state index is -0.516. The van der Waals surface area contributed by atoms with Crippen LogP contribution in [0.25, 0.3) is 28.7 Å². The predicted molar refractivity (Wildman–Crippen MR) is 96.7 cm³/mol. The van der Waals surface area contributed by atoms with Crippen molar-refractivity contribution in [1.82, 2.24) is 4.98 Å². The smallest absolute Gasteiger partial charge is 0.261 e. The van der Waals surface area contributed by atoms with Gasteiger partial charge in [-0.2, -0.15) is 0 Å². The first-order chi connectivity index (χ1) is 12.0. The molecule has 25 heavy (non-hydrogen) atoms. The van der Waals surface area contributed by atoms with Crippen molar-refractivity contribution in [2.24, 2.45) is 0 Å². The van der Waals surface area contributed by atoms with E-state index in [-0.39, 0.29) is 29.0 Å². The van der Waals surface area contributed by atoms with Crippen molar-refractivity contribution < 1.29 is 15.3 Å². The fourth-order valence-corrected chi connectivity index (χ4v) is 3.23. The van der Waals surface area contributed by atoms with Crippen molar-refractivity contribution in [1.29, 1.82) is 0 Å². The Hall–Kier alpha value is -3.47. The number of aromatic nitrogens is 1. The van der Waals surface area contributed by atoms with Gasteiger partial charge in [0.05, 0.1) is 5.22 Å². The van der Waals surface area contributed by atoms with E-state index in [1.165, 1.54) is 6.07 Å². The lowest BCUT2D eigenvalue weighted by molar-refractivity contribution is 0.449. The maximum atomic E-state index is 11.9. The molecule has 0 atom stereocenters. The highest BCUT2D eigenvalue weighted by Gasteiger charge is 2.12. The zero-order valence-electron chi connectivity index (χ0n) is 13.2. The summed E-state index contributed by atoms with van der Waals surface area (Å²) in [7, 11) is 0. The van der Waals surface area contributed by atoms with Crippen LogP contribution in [0.2, 0.25) is 0 Å². The summed E-state index contributed by atoms with van der Waals surface area (Å²) in [6.07, 6.45) is 3.89. The van der Waals surface area contributed by atoms with Gasteiger partial charge >= 0.3 is 0 Å². The minimum Gasteiger partial charge on any atom is -0.511 e. The normalized spacial score (nSPS) is 15.2. The number of nitrogens with one attached hydrogen (secondary N) is 1. The van der Waals surface area contributed by atoms with E-state index in [1.54, 1.807) is 18.2 Å². The number of H-pyrrole nitrogens is 1. The molecule has 0 unspecified atom stereocenters. The van der Waals surface area contributed by atoms with Gasteiger partial charge in [0.15, 0.2) is 5.88 Å². The third kappa shape index (κ3) is 2.55. The fraction of sp³-hybridized carbons (Fsp3) is 0.0500. The molecule has 0 aliphatic heterocycles. The number of hydrogen-bond donors (Lipinski definition) is 4. The first kappa shape index (κ1) is 15.1. The number of benzene rings is 2. The van der Waals surface area contributed by atoms with E-state index >= 15 is 0 Å². The highest BCUT2D eigenvalue weighted by atomic mass is 16.3. The molecule has 0 bridgehead atoms. The van der Waals surface area contributed by atoms with Gasteiger partial charge in [0.1, 0.15) is 11.5 Å². The van der Waals surface area contributed by atoms with Crippen molar-refractivity contribution in [2.75, 3.05) is 0 Å². The zero-order valence-corrected chi connectivity index (χ0v) is 13.2. The van der Waals surface area contributed by atoms with Gasteiger partial charge in [-0.15, -0.1) is 0 Å². The molecule has 4 N–H and O–H groups in total. The Kier molecular flexibility index (Phi) is 3.35. The van der Waals surface area contributed by atoms with Gasteiger partial charge in [0.25, 0.3) is 5.56 Å². The molecule has 0 radical (unpaired) electrons. The number of pyridine rings is 1. The molecular formula is C20H15NO4. The van der Waals surface area contributed by atoms with Crippen molar-refractivity contribution >= 4 is 28.7 Å². The number of aromatic amines is 1. The van der Waals surface area contributed by atoms with Crippen LogP contribution in [0.5, 0.6) is 11.6 Å². The van der Waals surface area contributed by atoms with Gasteiger partial charge < -0.3 is 15.3 Å². The Balaban J connectivity index is 1.94. The van der Waals surface area contributed by atoms with E-state index in [9.17, 15) is 20.1 Å². The number of aliphatic hydroxyl groups excluding tert-OH is 1. The lowest BCUT2D eigenvalue weighted by Gasteiger charge is -2.10. The van der Waals surface area contributed by atoms with Gasteiger partial charge in [0, 0.05) is 17.9 Å². The maximum Gasteiger partial charge on any atom is 0.261 e. The lowest BCUT2D eigenvalue weighted by atomic mass is 9.97. The van der Waals surface area contributed by atoms with E-state index in [2.05, 4.69) is 4.98 Å². The van der Waals surface area contributed by atoms with Gasteiger partial charge in [-0.1, -0.05) is 42.5 Å². The molecule has 5 heteroatoms. The summed E-state index contributed by atoms with van der Waals surface area (Å²) in [5.74, 6) is -0.0706. The Labute approximate surface area is 142 Å². The number of phenols is 1. The Morgan fingerprint density at radius 1 is 1.00 bits per heavy atom. The van der Waals surface area contributed by atoms with Crippen LogP contribution in [0.4, 0.5) is 0 Å². The van der Waals surface area contributed by atoms with Crippen LogP contribution >= 0.6 is 0 Å². The first-order valence-electron chi connectivity index (χ1n) is 7.80. The molecular weight excluding hydrogens is 318 g/mol. The third-order valence-corrected chi connectivity index (χ3v) is 4.33. The van der Waals surface area contributed by atoms with E-state index in [4.69, 9.17) is 0 Å². The predicted octanol–water partition coefficient (Wildman–Crippen LogP) is 1.87. The first-order valence-corrected chi connectivity index (χ1v) is 7.80. The van der Waals surface area contributed by atoms with Crippen LogP contribution in [-0.2, 0) is 0 Å². The van der Waals surface area contributed by atoms with E-state index in [0.29, 0.717) is 5.22 Å². The molecule has 0 spiro atoms. The molecule has 124 valence electrons. The van der Waals surface area contributed by atoms with Gasteiger partial charge in [-0.3, -0.25) is 9.78 Å². The molecule has 0 saturated heterocycles. The SMILES string of the molecule is O=c1[nH]c(O)cc2c1=C(O)CC(=Cc1ccc(O)c3ccccc13)C=2. The largest absolute Gasteiger partial charge is 0.511 e. The number of phenolic OH excluding ortho intramolecular Hbond substituents is 1. The molecule has 1 heterocycles. The van der Waals surface area contributed by atoms with Crippen molar-refractivity contribution in [3.63, 3.8) is 0 Å². The summed E-state index contributed by atoms with van der Waals surface area (Å²) in [5, 5.41) is 32.1. The second-order valence-electron chi connectivity index (χ2n) is 6.02. The van der Waals surface area contributed by atoms with Gasteiger partial charge in [-0.25, -0.2) is 0 Å². The second-order valence-corrected chi connectivity index (χ2v) is 6.02. The van der Waals surface area contributed by atoms with Crippen LogP contribution in [0, 0.1) is 0 Å². The highest BCUT2D eigenvalue weighted by molar-refractivity contribution is 5.95. The van der Waals surface area contributed by atoms with Crippen molar-refractivity contribution in [3.05, 3.63) is 74.4 Å². The summed E-state index contributed by atoms with van der Waals surface area (Å²) in [5.41, 5.74) is 1.17. The average molecular weight is 333 g/mol. The van der Waals surface area contributed by atoms with Crippen LogP contribution < -0.4 is 16.0 Å². The molecule has 3 aromatic rings. The highest BCUT2D eigenvalue weighted by Crippen LogP contribution is 2.29. The Bertz CT molecular complexity index is 1220. The van der Waals surface area contributed by atoms with Gasteiger partial charge in [0.2, 0.25) is 0 Å². The third-order valence-electron chi connectivity index (χ3n) is 4.33. The van der Waals surface area contributed by atoms with E-state index in [1.807, 2.05) is 30.3 Å². The number of aliphatic hydroxyl groups is 1. The zero-order chi connectivity index (χ0) is 17.6. The topological polar surface area (TPSA) is 93.6 Å². The molecule has 1 aliphatic carbocycles. The quantitative estimate of drug-likeness (QED) is 0.547. The van der Waals surface area contributed by atoms with Crippen molar-refractivity contribution in [3.8, 4) is 11.6 Å². The summed E-state index contributed by atoms with van der Waals surface area (Å²) in [4.78, 5) is 14.2. The number of aromatic hydroxyl groups is 2. The molecule has 0 saturated carbocycles. The summed E-state index contributed by atoms with van der Waals surface area (Å²) in [6.45, 7) is 0. The van der Waals surface area contributed by atoms with Crippen LogP contribution in [0.1, 0.15) is 12.0 Å². The van der Waals surface area contributed by atoms with E-state index < -0.39 is 5.56 Å². The molecule has 2 aromatic carbocycles. The Morgan fingerprint density at radius 2 is 1.76 bits per heavy atom.